The number of carbonyl (C=O) groups excluding carboxylic acids is 1. The molecule has 0 radical (unpaired) electrons. The standard InChI is InChI=1S/C16H20N2O4/c1-3-17-7-9-22-14-5-4-13(10-15(14)20-2)18-16(19)12-6-8-21-11-12/h4-6,8,10-11,17H,3,7,9H2,1-2H3,(H,18,19). The number of methoxy groups -OCH3 is 1. The molecule has 1 aromatic carbocycles. The van der Waals surface area contributed by atoms with Crippen molar-refractivity contribution in [1.82, 2.24) is 5.32 Å². The first-order valence-electron chi connectivity index (χ1n) is 7.09. The van der Waals surface area contributed by atoms with E-state index in [1.54, 1.807) is 31.4 Å². The molecule has 0 fully saturated rings. The predicted octanol–water partition coefficient (Wildman–Crippen LogP) is 2.53. The van der Waals surface area contributed by atoms with Crippen molar-refractivity contribution in [3.8, 4) is 11.5 Å². The maximum absolute atomic E-state index is 12.0. The summed E-state index contributed by atoms with van der Waals surface area (Å²) in [6.45, 7) is 4.25. The van der Waals surface area contributed by atoms with Gasteiger partial charge < -0.3 is 24.5 Å². The van der Waals surface area contributed by atoms with E-state index in [1.165, 1.54) is 12.5 Å². The molecule has 6 nitrogen and oxygen atoms in total. The quantitative estimate of drug-likeness (QED) is 0.733. The molecule has 6 heteroatoms. The van der Waals surface area contributed by atoms with E-state index in [0.717, 1.165) is 13.1 Å². The van der Waals surface area contributed by atoms with Gasteiger partial charge in [-0.3, -0.25) is 4.79 Å². The summed E-state index contributed by atoms with van der Waals surface area (Å²) in [5.74, 6) is 0.972. The minimum absolute atomic E-state index is 0.239. The fraction of sp³-hybridized carbons (Fsp3) is 0.312. The Morgan fingerprint density at radius 3 is 2.82 bits per heavy atom. The molecule has 2 rings (SSSR count). The van der Waals surface area contributed by atoms with Crippen LogP contribution in [0.3, 0.4) is 0 Å². The zero-order valence-corrected chi connectivity index (χ0v) is 12.7. The van der Waals surface area contributed by atoms with Gasteiger partial charge >= 0.3 is 0 Å². The first kappa shape index (κ1) is 15.9. The number of rotatable bonds is 8. The summed E-state index contributed by atoms with van der Waals surface area (Å²) in [4.78, 5) is 12.0. The van der Waals surface area contributed by atoms with Gasteiger partial charge in [-0.05, 0) is 24.7 Å². The van der Waals surface area contributed by atoms with Gasteiger partial charge in [0.15, 0.2) is 11.5 Å². The molecule has 118 valence electrons. The third kappa shape index (κ3) is 4.26. The van der Waals surface area contributed by atoms with E-state index in [4.69, 9.17) is 13.9 Å². The lowest BCUT2D eigenvalue weighted by Gasteiger charge is -2.12. The molecular formula is C16H20N2O4. The minimum Gasteiger partial charge on any atom is -0.493 e. The topological polar surface area (TPSA) is 72.7 Å². The second kappa shape index (κ2) is 8.09. The highest BCUT2D eigenvalue weighted by Crippen LogP contribution is 2.30. The Morgan fingerprint density at radius 1 is 1.27 bits per heavy atom. The van der Waals surface area contributed by atoms with Crippen LogP contribution in [-0.4, -0.2) is 32.7 Å². The van der Waals surface area contributed by atoms with Crippen molar-refractivity contribution in [1.29, 1.82) is 0 Å². The van der Waals surface area contributed by atoms with Gasteiger partial charge in [-0.25, -0.2) is 0 Å². The van der Waals surface area contributed by atoms with E-state index in [-0.39, 0.29) is 5.91 Å². The smallest absolute Gasteiger partial charge is 0.258 e. The largest absolute Gasteiger partial charge is 0.493 e. The molecule has 0 aliphatic carbocycles. The number of nitrogens with one attached hydrogen (secondary N) is 2. The van der Waals surface area contributed by atoms with Gasteiger partial charge in [-0.2, -0.15) is 0 Å². The van der Waals surface area contributed by atoms with E-state index in [1.807, 2.05) is 6.92 Å². The van der Waals surface area contributed by atoms with E-state index >= 15 is 0 Å². The van der Waals surface area contributed by atoms with Gasteiger partial charge in [0, 0.05) is 18.3 Å². The zero-order chi connectivity index (χ0) is 15.8. The molecule has 0 unspecified atom stereocenters. The molecule has 0 aliphatic heterocycles. The molecule has 0 bridgehead atoms. The Hall–Kier alpha value is -2.47. The lowest BCUT2D eigenvalue weighted by Crippen LogP contribution is -2.20. The Kier molecular flexibility index (Phi) is 5.85. The normalized spacial score (nSPS) is 10.3. The van der Waals surface area contributed by atoms with E-state index < -0.39 is 0 Å². The van der Waals surface area contributed by atoms with Crippen molar-refractivity contribution in [2.75, 3.05) is 32.1 Å². The Bertz CT molecular complexity index is 596. The maximum atomic E-state index is 12.0. The molecule has 2 aromatic rings. The van der Waals surface area contributed by atoms with E-state index in [2.05, 4.69) is 10.6 Å². The summed E-state index contributed by atoms with van der Waals surface area (Å²) >= 11 is 0. The van der Waals surface area contributed by atoms with Crippen LogP contribution in [0.5, 0.6) is 11.5 Å². The van der Waals surface area contributed by atoms with Gasteiger partial charge in [-0.15, -0.1) is 0 Å². The third-order valence-corrected chi connectivity index (χ3v) is 2.99. The third-order valence-electron chi connectivity index (χ3n) is 2.99. The van der Waals surface area contributed by atoms with Gasteiger partial charge in [0.05, 0.1) is 18.9 Å². The number of carbonyl (C=O) groups is 1. The molecule has 0 aliphatic rings. The number of amides is 1. The Balaban J connectivity index is 2.00. The highest BCUT2D eigenvalue weighted by atomic mass is 16.5. The molecule has 22 heavy (non-hydrogen) atoms. The maximum Gasteiger partial charge on any atom is 0.258 e. The fourth-order valence-corrected chi connectivity index (χ4v) is 1.87. The van der Waals surface area contributed by atoms with Crippen molar-refractivity contribution >= 4 is 11.6 Å². The monoisotopic (exact) mass is 304 g/mol. The van der Waals surface area contributed by atoms with Crippen LogP contribution < -0.4 is 20.1 Å². The van der Waals surface area contributed by atoms with Crippen molar-refractivity contribution in [3.05, 3.63) is 42.4 Å². The van der Waals surface area contributed by atoms with Crippen LogP contribution in [0.15, 0.2) is 41.2 Å². The molecule has 2 N–H and O–H groups in total. The van der Waals surface area contributed by atoms with Crippen molar-refractivity contribution in [2.24, 2.45) is 0 Å². The molecule has 1 heterocycles. The van der Waals surface area contributed by atoms with Crippen molar-refractivity contribution in [2.45, 2.75) is 6.92 Å². The second-order valence-corrected chi connectivity index (χ2v) is 4.53. The number of anilines is 1. The van der Waals surface area contributed by atoms with Gasteiger partial charge in [-0.1, -0.05) is 6.92 Å². The van der Waals surface area contributed by atoms with Gasteiger partial charge in [0.25, 0.3) is 5.91 Å². The molecule has 0 spiro atoms. The average molecular weight is 304 g/mol. The van der Waals surface area contributed by atoms with Crippen LogP contribution in [0, 0.1) is 0 Å². The summed E-state index contributed by atoms with van der Waals surface area (Å²) in [6.07, 6.45) is 2.85. The summed E-state index contributed by atoms with van der Waals surface area (Å²) in [5, 5.41) is 5.95. The first-order valence-corrected chi connectivity index (χ1v) is 7.09. The minimum atomic E-state index is -0.239. The SMILES string of the molecule is CCNCCOc1ccc(NC(=O)c2ccoc2)cc1OC. The van der Waals surface area contributed by atoms with Crippen LogP contribution in [0.2, 0.25) is 0 Å². The summed E-state index contributed by atoms with van der Waals surface area (Å²) in [7, 11) is 1.56. The first-order chi connectivity index (χ1) is 10.7. The highest BCUT2D eigenvalue weighted by Gasteiger charge is 2.10. The summed E-state index contributed by atoms with van der Waals surface area (Å²) in [5.41, 5.74) is 1.09. The lowest BCUT2D eigenvalue weighted by atomic mass is 10.2. The molecular weight excluding hydrogens is 284 g/mol. The number of likely N-dealkylation sites (N-methyl/N-ethyl adjacent to an activating group) is 1. The van der Waals surface area contributed by atoms with E-state index in [0.29, 0.717) is 29.4 Å². The van der Waals surface area contributed by atoms with Crippen molar-refractivity contribution in [3.63, 3.8) is 0 Å². The molecule has 1 aromatic heterocycles. The summed E-state index contributed by atoms with van der Waals surface area (Å²) < 4.78 is 15.8. The highest BCUT2D eigenvalue weighted by molar-refractivity contribution is 6.04. The number of ether oxygens (including phenoxy) is 2. The van der Waals surface area contributed by atoms with Crippen molar-refractivity contribution < 1.29 is 18.7 Å². The van der Waals surface area contributed by atoms with Gasteiger partial charge in [0.2, 0.25) is 0 Å². The number of hydrogen-bond acceptors (Lipinski definition) is 5. The number of furan rings is 1. The van der Waals surface area contributed by atoms with Crippen LogP contribution in [0.4, 0.5) is 5.69 Å². The predicted molar refractivity (Wildman–Crippen MR) is 83.7 cm³/mol. The Morgan fingerprint density at radius 2 is 2.14 bits per heavy atom. The molecule has 1 amide bonds. The van der Waals surface area contributed by atoms with Crippen LogP contribution in [0.25, 0.3) is 0 Å². The second-order valence-electron chi connectivity index (χ2n) is 4.53. The van der Waals surface area contributed by atoms with Crippen LogP contribution in [0.1, 0.15) is 17.3 Å². The summed E-state index contributed by atoms with van der Waals surface area (Å²) in [6, 6.07) is 6.87. The van der Waals surface area contributed by atoms with Gasteiger partial charge in [0.1, 0.15) is 12.9 Å². The van der Waals surface area contributed by atoms with E-state index in [9.17, 15) is 4.79 Å². The molecule has 0 saturated heterocycles. The molecule has 0 saturated carbocycles. The fourth-order valence-electron chi connectivity index (χ4n) is 1.87. The van der Waals surface area contributed by atoms with Crippen LogP contribution in [-0.2, 0) is 0 Å². The average Bonchev–Trinajstić information content (AvgIpc) is 3.07. The lowest BCUT2D eigenvalue weighted by molar-refractivity contribution is 0.102. The number of benzene rings is 1. The molecule has 0 atom stereocenters. The van der Waals surface area contributed by atoms with Crippen LogP contribution >= 0.6 is 0 Å². The Labute approximate surface area is 129 Å². The zero-order valence-electron chi connectivity index (χ0n) is 12.7. The number of hydrogen-bond donors (Lipinski definition) is 2.